The minimum Gasteiger partial charge on any atom is -0.345 e. The zero-order valence-corrected chi connectivity index (χ0v) is 15.1. The standard InChI is InChI=1S/C17H20N2O3S2/c1-13(14-7-3-2-4-8-14)18-17(20)16-15(9-12-23-16)24(21,22)19-10-5-6-11-19/h2-4,7-9,12-13H,5-6,10-11H2,1H3,(H,18,20)/t13-/m0/s1. The molecule has 0 unspecified atom stereocenters. The van der Waals surface area contributed by atoms with Crippen LogP contribution in [0.5, 0.6) is 0 Å². The molecule has 0 saturated carbocycles. The molecule has 1 aliphatic rings. The Hall–Kier alpha value is -1.70. The van der Waals surface area contributed by atoms with Crippen molar-refractivity contribution in [3.63, 3.8) is 0 Å². The van der Waals surface area contributed by atoms with E-state index in [2.05, 4.69) is 5.32 Å². The first-order chi connectivity index (χ1) is 11.5. The van der Waals surface area contributed by atoms with Crippen LogP contribution in [0, 0.1) is 0 Å². The number of rotatable bonds is 5. The normalized spacial score (nSPS) is 16.9. The summed E-state index contributed by atoms with van der Waals surface area (Å²) in [4.78, 5) is 13.0. The molecule has 1 saturated heterocycles. The molecule has 0 radical (unpaired) electrons. The molecule has 5 nitrogen and oxygen atoms in total. The number of nitrogens with zero attached hydrogens (tertiary/aromatic N) is 1. The predicted molar refractivity (Wildman–Crippen MR) is 94.6 cm³/mol. The van der Waals surface area contributed by atoms with E-state index in [0.29, 0.717) is 13.1 Å². The second-order valence-corrected chi connectivity index (χ2v) is 8.65. The van der Waals surface area contributed by atoms with E-state index in [9.17, 15) is 13.2 Å². The molecule has 1 N–H and O–H groups in total. The molecule has 7 heteroatoms. The van der Waals surface area contributed by atoms with Crippen molar-refractivity contribution in [2.75, 3.05) is 13.1 Å². The summed E-state index contributed by atoms with van der Waals surface area (Å²) in [6.07, 6.45) is 1.74. The molecule has 0 bridgehead atoms. The highest BCUT2D eigenvalue weighted by Crippen LogP contribution is 2.28. The Labute approximate surface area is 146 Å². The van der Waals surface area contributed by atoms with E-state index in [4.69, 9.17) is 0 Å². The number of benzene rings is 1. The van der Waals surface area contributed by atoms with Gasteiger partial charge in [0.15, 0.2) is 0 Å². The largest absolute Gasteiger partial charge is 0.345 e. The van der Waals surface area contributed by atoms with E-state index in [-0.39, 0.29) is 21.7 Å². The minimum atomic E-state index is -3.59. The fraction of sp³-hybridized carbons (Fsp3) is 0.353. The highest BCUT2D eigenvalue weighted by molar-refractivity contribution is 7.89. The molecule has 0 aliphatic carbocycles. The molecule has 1 aromatic carbocycles. The van der Waals surface area contributed by atoms with Gasteiger partial charge < -0.3 is 5.32 Å². The molecule has 1 amide bonds. The lowest BCUT2D eigenvalue weighted by molar-refractivity contribution is 0.0941. The van der Waals surface area contributed by atoms with Crippen molar-refractivity contribution in [3.8, 4) is 0 Å². The topological polar surface area (TPSA) is 66.5 Å². The SMILES string of the molecule is C[C@H](NC(=O)c1sccc1S(=O)(=O)N1CCCC1)c1ccccc1. The lowest BCUT2D eigenvalue weighted by Gasteiger charge is -2.17. The van der Waals surface area contributed by atoms with Crippen LogP contribution in [-0.4, -0.2) is 31.7 Å². The van der Waals surface area contributed by atoms with Crippen molar-refractivity contribution in [3.05, 3.63) is 52.2 Å². The van der Waals surface area contributed by atoms with E-state index in [1.54, 1.807) is 5.38 Å². The second kappa shape index (κ2) is 7.04. The summed E-state index contributed by atoms with van der Waals surface area (Å²) >= 11 is 1.16. The first-order valence-electron chi connectivity index (χ1n) is 7.93. The van der Waals surface area contributed by atoms with Gasteiger partial charge in [-0.25, -0.2) is 8.42 Å². The van der Waals surface area contributed by atoms with Crippen LogP contribution in [0.1, 0.15) is 41.0 Å². The Balaban J connectivity index is 1.81. The smallest absolute Gasteiger partial charge is 0.263 e. The Morgan fingerprint density at radius 1 is 1.17 bits per heavy atom. The average molecular weight is 364 g/mol. The third-order valence-corrected chi connectivity index (χ3v) is 7.15. The molecule has 0 spiro atoms. The fourth-order valence-corrected chi connectivity index (χ4v) is 5.64. The van der Waals surface area contributed by atoms with Gasteiger partial charge in [-0.3, -0.25) is 4.79 Å². The first-order valence-corrected chi connectivity index (χ1v) is 10.3. The summed E-state index contributed by atoms with van der Waals surface area (Å²) < 4.78 is 26.9. The van der Waals surface area contributed by atoms with Crippen molar-refractivity contribution >= 4 is 27.3 Å². The van der Waals surface area contributed by atoms with Crippen molar-refractivity contribution in [2.24, 2.45) is 0 Å². The van der Waals surface area contributed by atoms with Gasteiger partial charge in [-0.1, -0.05) is 30.3 Å². The zero-order valence-electron chi connectivity index (χ0n) is 13.4. The van der Waals surface area contributed by atoms with E-state index in [1.807, 2.05) is 37.3 Å². The fourth-order valence-electron chi connectivity index (χ4n) is 2.82. The molecular formula is C17H20N2O3S2. The van der Waals surface area contributed by atoms with Gasteiger partial charge in [0.2, 0.25) is 10.0 Å². The van der Waals surface area contributed by atoms with Crippen LogP contribution < -0.4 is 5.32 Å². The lowest BCUT2D eigenvalue weighted by Crippen LogP contribution is -2.31. The third-order valence-electron chi connectivity index (χ3n) is 4.17. The number of carbonyl (C=O) groups excluding carboxylic acids is 1. The molecule has 3 rings (SSSR count). The van der Waals surface area contributed by atoms with E-state index in [1.165, 1.54) is 10.4 Å². The molecule has 128 valence electrons. The van der Waals surface area contributed by atoms with Gasteiger partial charge in [0, 0.05) is 13.1 Å². The van der Waals surface area contributed by atoms with Crippen molar-refractivity contribution in [1.82, 2.24) is 9.62 Å². The number of sulfonamides is 1. The van der Waals surface area contributed by atoms with Crippen LogP contribution in [-0.2, 0) is 10.0 Å². The van der Waals surface area contributed by atoms with E-state index >= 15 is 0 Å². The van der Waals surface area contributed by atoms with Crippen LogP contribution in [0.15, 0.2) is 46.7 Å². The highest BCUT2D eigenvalue weighted by Gasteiger charge is 2.32. The Morgan fingerprint density at radius 3 is 2.50 bits per heavy atom. The van der Waals surface area contributed by atoms with Gasteiger partial charge in [-0.05, 0) is 36.8 Å². The maximum absolute atomic E-state index is 12.7. The van der Waals surface area contributed by atoms with Gasteiger partial charge in [-0.15, -0.1) is 11.3 Å². The van der Waals surface area contributed by atoms with Gasteiger partial charge in [0.25, 0.3) is 5.91 Å². The quantitative estimate of drug-likeness (QED) is 0.887. The third kappa shape index (κ3) is 3.38. The number of hydrogen-bond donors (Lipinski definition) is 1. The summed E-state index contributed by atoms with van der Waals surface area (Å²) in [5.41, 5.74) is 0.978. The summed E-state index contributed by atoms with van der Waals surface area (Å²) in [6, 6.07) is 10.9. The summed E-state index contributed by atoms with van der Waals surface area (Å²) in [6.45, 7) is 2.94. The Bertz CT molecular complexity index is 809. The van der Waals surface area contributed by atoms with Crippen molar-refractivity contribution < 1.29 is 13.2 Å². The average Bonchev–Trinajstić information content (AvgIpc) is 3.27. The monoisotopic (exact) mass is 364 g/mol. The zero-order chi connectivity index (χ0) is 17.2. The van der Waals surface area contributed by atoms with Crippen molar-refractivity contribution in [1.29, 1.82) is 0 Å². The second-order valence-electron chi connectivity index (χ2n) is 5.83. The molecule has 2 aromatic rings. The molecule has 1 aliphatic heterocycles. The maximum atomic E-state index is 12.7. The first kappa shape index (κ1) is 17.1. The number of carbonyl (C=O) groups is 1. The molecule has 1 fully saturated rings. The van der Waals surface area contributed by atoms with Gasteiger partial charge in [0.1, 0.15) is 9.77 Å². The predicted octanol–water partition coefficient (Wildman–Crippen LogP) is 3.02. The maximum Gasteiger partial charge on any atom is 0.263 e. The summed E-state index contributed by atoms with van der Waals surface area (Å²) in [7, 11) is -3.59. The van der Waals surface area contributed by atoms with Crippen LogP contribution >= 0.6 is 11.3 Å². The minimum absolute atomic E-state index is 0.118. The summed E-state index contributed by atoms with van der Waals surface area (Å²) in [5, 5.41) is 4.55. The molecule has 1 aromatic heterocycles. The highest BCUT2D eigenvalue weighted by atomic mass is 32.2. The molecule has 24 heavy (non-hydrogen) atoms. The lowest BCUT2D eigenvalue weighted by atomic mass is 10.1. The van der Waals surface area contributed by atoms with Gasteiger partial charge >= 0.3 is 0 Å². The van der Waals surface area contributed by atoms with Crippen LogP contribution in [0.4, 0.5) is 0 Å². The van der Waals surface area contributed by atoms with Gasteiger partial charge in [-0.2, -0.15) is 4.31 Å². The van der Waals surface area contributed by atoms with Crippen LogP contribution in [0.2, 0.25) is 0 Å². The summed E-state index contributed by atoms with van der Waals surface area (Å²) in [5.74, 6) is -0.348. The van der Waals surface area contributed by atoms with Crippen molar-refractivity contribution in [2.45, 2.75) is 30.7 Å². The van der Waals surface area contributed by atoms with Crippen LogP contribution in [0.25, 0.3) is 0 Å². The van der Waals surface area contributed by atoms with Crippen LogP contribution in [0.3, 0.4) is 0 Å². The van der Waals surface area contributed by atoms with E-state index < -0.39 is 10.0 Å². The number of amides is 1. The molecular weight excluding hydrogens is 344 g/mol. The number of nitrogens with one attached hydrogen (secondary N) is 1. The number of thiophene rings is 1. The van der Waals surface area contributed by atoms with E-state index in [0.717, 1.165) is 29.7 Å². The Morgan fingerprint density at radius 2 is 1.83 bits per heavy atom. The molecule has 2 heterocycles. The van der Waals surface area contributed by atoms with Gasteiger partial charge in [0.05, 0.1) is 6.04 Å². The molecule has 1 atom stereocenters. The Kier molecular flexibility index (Phi) is 5.03. The number of hydrogen-bond acceptors (Lipinski definition) is 4.